The molecule has 0 atom stereocenters. The molecule has 0 fully saturated rings. The number of hydrogen-bond acceptors (Lipinski definition) is 5. The van der Waals surface area contributed by atoms with E-state index in [1.54, 1.807) is 0 Å². The zero-order valence-corrected chi connectivity index (χ0v) is 38.2. The molecule has 0 spiro atoms. The van der Waals surface area contributed by atoms with Crippen LogP contribution in [-0.4, -0.2) is 15.9 Å². The monoisotopic (exact) mass is 935 g/mol. The van der Waals surface area contributed by atoms with Gasteiger partial charge >= 0.3 is 0 Å². The van der Waals surface area contributed by atoms with Crippen molar-refractivity contribution in [3.8, 4) is 21.7 Å². The van der Waals surface area contributed by atoms with Crippen LogP contribution in [-0.2, 0) is 36.7 Å². The number of nitrogens with zero attached hydrogens (tertiary/aromatic N) is 1. The smallest absolute Gasteiger partial charge is 0.164 e. The van der Waals surface area contributed by atoms with Gasteiger partial charge in [0.1, 0.15) is 17.1 Å². The Morgan fingerprint density at radius 3 is 2.15 bits per heavy atom. The van der Waals surface area contributed by atoms with Gasteiger partial charge < -0.3 is 9.52 Å². The van der Waals surface area contributed by atoms with Crippen LogP contribution in [0.4, 0.5) is 0 Å². The summed E-state index contributed by atoms with van der Waals surface area (Å²) in [6.07, 6.45) is 7.65. The van der Waals surface area contributed by atoms with Gasteiger partial charge in [0.25, 0.3) is 0 Å². The summed E-state index contributed by atoms with van der Waals surface area (Å²) >= 11 is 1.82. The van der Waals surface area contributed by atoms with Crippen molar-refractivity contribution in [2.75, 3.05) is 0 Å². The molecule has 1 radical (unpaired) electrons. The third-order valence-electron chi connectivity index (χ3n) is 11.8. The summed E-state index contributed by atoms with van der Waals surface area (Å²) in [6.45, 7) is 25.6. The number of allylic oxidation sites excluding steroid dienone is 2. The fourth-order valence-electron chi connectivity index (χ4n) is 6.97. The summed E-state index contributed by atoms with van der Waals surface area (Å²) in [6, 6.07) is 25.5. The van der Waals surface area contributed by atoms with Gasteiger partial charge in [0.15, 0.2) is 5.78 Å². The third kappa shape index (κ3) is 9.36. The van der Waals surface area contributed by atoms with Crippen molar-refractivity contribution in [3.05, 3.63) is 102 Å². The molecule has 55 heavy (non-hydrogen) atoms. The van der Waals surface area contributed by atoms with E-state index in [1.807, 2.05) is 59.1 Å². The van der Waals surface area contributed by atoms with E-state index in [0.29, 0.717) is 5.92 Å². The number of rotatable bonds is 11. The molecule has 4 nitrogen and oxygen atoms in total. The zero-order chi connectivity index (χ0) is 39.6. The van der Waals surface area contributed by atoms with Crippen LogP contribution in [0.2, 0.25) is 0 Å². The second kappa shape index (κ2) is 17.7. The number of aliphatic hydroxyl groups excluding tert-OH is 1. The Morgan fingerprint density at radius 1 is 0.873 bits per heavy atom. The third-order valence-corrected chi connectivity index (χ3v) is 12.9. The summed E-state index contributed by atoms with van der Waals surface area (Å²) in [5.41, 5.74) is 6.24. The molecule has 0 aliphatic heterocycles. The minimum Gasteiger partial charge on any atom is -0.512 e. The van der Waals surface area contributed by atoms with Gasteiger partial charge in [-0.25, -0.2) is 0 Å². The van der Waals surface area contributed by atoms with Gasteiger partial charge in [0.05, 0.1) is 0 Å². The van der Waals surface area contributed by atoms with E-state index in [9.17, 15) is 9.90 Å². The minimum atomic E-state index is -0.337. The largest absolute Gasteiger partial charge is 0.512 e. The molecular weight excluding hydrogens is 875 g/mol. The van der Waals surface area contributed by atoms with Crippen LogP contribution in [0.3, 0.4) is 0 Å². The number of fused-ring (bicyclic) bond motifs is 3. The van der Waals surface area contributed by atoms with Gasteiger partial charge in [-0.2, -0.15) is 0 Å². The maximum absolute atomic E-state index is 12.2. The van der Waals surface area contributed by atoms with Crippen LogP contribution in [0, 0.1) is 29.7 Å². The van der Waals surface area contributed by atoms with Crippen LogP contribution in [0.25, 0.3) is 53.5 Å². The molecule has 3 aromatic heterocycles. The number of benzene rings is 3. The normalized spacial score (nSPS) is 12.6. The van der Waals surface area contributed by atoms with E-state index < -0.39 is 0 Å². The molecule has 0 amide bonds. The van der Waals surface area contributed by atoms with E-state index in [2.05, 4.69) is 108 Å². The van der Waals surface area contributed by atoms with Crippen LogP contribution < -0.4 is 0 Å². The van der Waals surface area contributed by atoms with E-state index in [0.717, 1.165) is 60.1 Å². The second-order valence-electron chi connectivity index (χ2n) is 17.0. The Labute approximate surface area is 347 Å². The topological polar surface area (TPSA) is 63.3 Å². The number of carbonyl (C=O) groups excluding carboxylic acids is 1. The Kier molecular flexibility index (Phi) is 14.2. The van der Waals surface area contributed by atoms with Gasteiger partial charge in [-0.3, -0.25) is 9.78 Å². The van der Waals surface area contributed by atoms with Crippen molar-refractivity contribution in [1.29, 1.82) is 0 Å². The minimum absolute atomic E-state index is 0. The number of thiophene rings is 1. The Hall–Kier alpha value is -3.57. The molecular formula is C49H60IrNO3S-. The first-order valence-corrected chi connectivity index (χ1v) is 20.6. The molecule has 3 heterocycles. The molecule has 295 valence electrons. The number of hydrogen-bond donors (Lipinski definition) is 1. The first-order valence-electron chi connectivity index (χ1n) is 19.8. The molecule has 6 heteroatoms. The molecule has 6 rings (SSSR count). The Morgan fingerprint density at radius 2 is 1.53 bits per heavy atom. The van der Waals surface area contributed by atoms with Crippen LogP contribution in [0.1, 0.15) is 119 Å². The van der Waals surface area contributed by atoms with E-state index in [-0.39, 0.29) is 47.9 Å². The number of carbonyl (C=O) groups is 1. The number of aliphatic hydroxyl groups is 1. The molecule has 0 bridgehead atoms. The quantitative estimate of drug-likeness (QED) is 0.0799. The number of ketones is 1. The molecule has 0 saturated heterocycles. The second-order valence-corrected chi connectivity index (χ2v) is 18.0. The zero-order valence-electron chi connectivity index (χ0n) is 35.0. The fourth-order valence-corrected chi connectivity index (χ4v) is 8.02. The van der Waals surface area contributed by atoms with Crippen molar-refractivity contribution in [2.24, 2.45) is 16.7 Å². The summed E-state index contributed by atoms with van der Waals surface area (Å²) < 4.78 is 7.44. The standard InChI is InChI=1S/C34H32NOS.C15H28O2.Ir/c1-20(2)15-30-21(3)26-17-23(11-12-29(26)36-30)32-19-27-31(37-32)13-14-35-33(27)24-16-22-9-7-8-10-25(22)28(18-24)34(4,5)6;1-7-14(5,8-2)12(16)11-13(17)15(6,9-3)10-4;/h7-14,17-20H,15H2,1-6H3;11,16H,7-10H2,1-6H3;/q-1;;/b;12-11-;. The summed E-state index contributed by atoms with van der Waals surface area (Å²) in [7, 11) is 0. The molecule has 0 unspecified atom stereocenters. The molecule has 6 aromatic rings. The first-order chi connectivity index (χ1) is 25.5. The van der Waals surface area contributed by atoms with E-state index in [4.69, 9.17) is 9.40 Å². The maximum atomic E-state index is 12.2. The van der Waals surface area contributed by atoms with Crippen LogP contribution in [0.5, 0.6) is 0 Å². The van der Waals surface area contributed by atoms with Crippen molar-refractivity contribution in [2.45, 2.75) is 121 Å². The van der Waals surface area contributed by atoms with Crippen molar-refractivity contribution < 1.29 is 34.4 Å². The molecule has 0 aliphatic rings. The van der Waals surface area contributed by atoms with Gasteiger partial charge in [0.2, 0.25) is 0 Å². The van der Waals surface area contributed by atoms with Gasteiger partial charge in [-0.15, -0.1) is 40.5 Å². The van der Waals surface area contributed by atoms with Gasteiger partial charge in [-0.1, -0.05) is 105 Å². The van der Waals surface area contributed by atoms with Crippen LogP contribution in [0.15, 0.2) is 83.1 Å². The van der Waals surface area contributed by atoms with Gasteiger partial charge in [0, 0.05) is 70.3 Å². The average molecular weight is 935 g/mol. The molecule has 0 aliphatic carbocycles. The van der Waals surface area contributed by atoms with Crippen molar-refractivity contribution >= 4 is 48.9 Å². The van der Waals surface area contributed by atoms with Gasteiger partial charge in [-0.05, 0) is 90.8 Å². The molecule has 3 aromatic carbocycles. The van der Waals surface area contributed by atoms with Crippen molar-refractivity contribution in [3.63, 3.8) is 0 Å². The number of furan rings is 1. The Bertz CT molecular complexity index is 2290. The Balaban J connectivity index is 0.000000320. The summed E-state index contributed by atoms with van der Waals surface area (Å²) in [4.78, 5) is 18.3. The molecule has 1 N–H and O–H groups in total. The van der Waals surface area contributed by atoms with E-state index >= 15 is 0 Å². The summed E-state index contributed by atoms with van der Waals surface area (Å²) in [5.74, 6) is 1.96. The summed E-state index contributed by atoms with van der Waals surface area (Å²) in [5, 5.41) is 14.9. The number of aryl methyl sites for hydroxylation is 1. The number of aromatic nitrogens is 1. The van der Waals surface area contributed by atoms with E-state index in [1.165, 1.54) is 48.5 Å². The predicted octanol–water partition coefficient (Wildman–Crippen LogP) is 14.8. The number of pyridine rings is 1. The first kappa shape index (κ1) is 44.1. The fraction of sp³-hybridized carbons (Fsp3) is 0.429. The van der Waals surface area contributed by atoms with Crippen molar-refractivity contribution in [1.82, 2.24) is 4.98 Å². The molecule has 0 saturated carbocycles. The SMILES string of the molecule is CCC(C)(CC)C(=O)/C=C(\O)C(C)(CC)CC.Cc1c(CC(C)C)oc2ccc(-c3cc4c(-c5[c-]c6ccccc6c(C(C)(C)C)c5)nccc4s3)cc12.[Ir]. The predicted molar refractivity (Wildman–Crippen MR) is 232 cm³/mol. The maximum Gasteiger partial charge on any atom is 0.164 e. The average Bonchev–Trinajstić information content (AvgIpc) is 3.73. The van der Waals surface area contributed by atoms with Crippen LogP contribution >= 0.6 is 11.3 Å².